The number of benzene rings is 2. The maximum Gasteiger partial charge on any atom is 0.340 e. The van der Waals surface area contributed by atoms with Crippen LogP contribution in [0.15, 0.2) is 30.3 Å². The first-order chi connectivity index (χ1) is 11.8. The van der Waals surface area contributed by atoms with Crippen molar-refractivity contribution in [1.82, 2.24) is 0 Å². The van der Waals surface area contributed by atoms with E-state index in [1.165, 1.54) is 13.2 Å². The van der Waals surface area contributed by atoms with Crippen LogP contribution in [0.1, 0.15) is 15.9 Å². The van der Waals surface area contributed by atoms with E-state index in [0.717, 1.165) is 17.7 Å². The van der Waals surface area contributed by atoms with Gasteiger partial charge in [0.15, 0.2) is 6.61 Å². The van der Waals surface area contributed by atoms with Gasteiger partial charge in [0.25, 0.3) is 5.91 Å². The molecule has 2 aromatic carbocycles. The van der Waals surface area contributed by atoms with Gasteiger partial charge in [0.05, 0.1) is 23.4 Å². The SMILES string of the molecule is COc1cc(Cl)c(C)cc1NC(=O)COC(=O)c1ccc(F)cc1Cl. The Hall–Kier alpha value is -2.31. The average Bonchev–Trinajstić information content (AvgIpc) is 2.55. The Morgan fingerprint density at radius 2 is 1.88 bits per heavy atom. The molecule has 0 atom stereocenters. The van der Waals surface area contributed by atoms with Gasteiger partial charge in [0.1, 0.15) is 11.6 Å². The number of rotatable bonds is 5. The van der Waals surface area contributed by atoms with Crippen molar-refractivity contribution in [3.8, 4) is 5.75 Å². The summed E-state index contributed by atoms with van der Waals surface area (Å²) in [6.45, 7) is 1.23. The fourth-order valence-electron chi connectivity index (χ4n) is 1.98. The van der Waals surface area contributed by atoms with E-state index < -0.39 is 24.3 Å². The van der Waals surface area contributed by atoms with Crippen molar-refractivity contribution < 1.29 is 23.5 Å². The molecule has 132 valence electrons. The maximum absolute atomic E-state index is 13.0. The molecule has 25 heavy (non-hydrogen) atoms. The first-order valence-corrected chi connectivity index (χ1v) is 7.83. The van der Waals surface area contributed by atoms with Gasteiger partial charge in [0.2, 0.25) is 0 Å². The lowest BCUT2D eigenvalue weighted by atomic mass is 10.2. The van der Waals surface area contributed by atoms with Gasteiger partial charge < -0.3 is 14.8 Å². The van der Waals surface area contributed by atoms with Crippen LogP contribution < -0.4 is 10.1 Å². The Bertz CT molecular complexity index is 827. The Labute approximate surface area is 153 Å². The third-order valence-electron chi connectivity index (χ3n) is 3.24. The molecule has 2 rings (SSSR count). The summed E-state index contributed by atoms with van der Waals surface area (Å²) in [6, 6.07) is 6.45. The van der Waals surface area contributed by atoms with E-state index in [0.29, 0.717) is 16.5 Å². The molecule has 0 aliphatic heterocycles. The summed E-state index contributed by atoms with van der Waals surface area (Å²) in [5.41, 5.74) is 1.11. The Balaban J connectivity index is 2.01. The molecular weight excluding hydrogens is 372 g/mol. The lowest BCUT2D eigenvalue weighted by Gasteiger charge is -2.12. The molecule has 0 aliphatic carbocycles. The second kappa shape index (κ2) is 8.18. The predicted molar refractivity (Wildman–Crippen MR) is 93.1 cm³/mol. The Kier molecular flexibility index (Phi) is 6.22. The van der Waals surface area contributed by atoms with Gasteiger partial charge in [-0.3, -0.25) is 4.79 Å². The molecule has 0 radical (unpaired) electrons. The highest BCUT2D eigenvalue weighted by molar-refractivity contribution is 6.33. The zero-order valence-corrected chi connectivity index (χ0v) is 14.9. The zero-order valence-electron chi connectivity index (χ0n) is 13.4. The molecule has 0 saturated heterocycles. The van der Waals surface area contributed by atoms with E-state index in [-0.39, 0.29) is 10.6 Å². The number of anilines is 1. The number of nitrogens with one attached hydrogen (secondary N) is 1. The number of esters is 1. The van der Waals surface area contributed by atoms with Gasteiger partial charge in [0, 0.05) is 11.1 Å². The minimum absolute atomic E-state index is 0.0317. The fraction of sp³-hybridized carbons (Fsp3) is 0.176. The highest BCUT2D eigenvalue weighted by atomic mass is 35.5. The standard InChI is InChI=1S/C17H14Cl2FNO4/c1-9-5-14(15(24-2)7-12(9)18)21-16(22)8-25-17(23)11-4-3-10(20)6-13(11)19/h3-7H,8H2,1-2H3,(H,21,22). The maximum atomic E-state index is 13.0. The molecule has 5 nitrogen and oxygen atoms in total. The molecule has 1 N–H and O–H groups in total. The fourth-order valence-corrected chi connectivity index (χ4v) is 2.38. The van der Waals surface area contributed by atoms with Crippen LogP contribution >= 0.6 is 23.2 Å². The minimum atomic E-state index is -0.834. The normalized spacial score (nSPS) is 10.3. The number of hydrogen-bond donors (Lipinski definition) is 1. The molecular formula is C17H14Cl2FNO4. The van der Waals surface area contributed by atoms with Crippen LogP contribution in [-0.2, 0) is 9.53 Å². The first kappa shape index (κ1) is 19.0. The number of hydrogen-bond acceptors (Lipinski definition) is 4. The van der Waals surface area contributed by atoms with Crippen LogP contribution in [0.3, 0.4) is 0 Å². The van der Waals surface area contributed by atoms with Crippen LogP contribution in [0.25, 0.3) is 0 Å². The lowest BCUT2D eigenvalue weighted by Crippen LogP contribution is -2.21. The predicted octanol–water partition coefficient (Wildman–Crippen LogP) is 4.25. The number of methoxy groups -OCH3 is 1. The van der Waals surface area contributed by atoms with Crippen LogP contribution in [0.4, 0.5) is 10.1 Å². The third-order valence-corrected chi connectivity index (χ3v) is 3.96. The zero-order chi connectivity index (χ0) is 18.6. The number of aryl methyl sites for hydroxylation is 1. The summed E-state index contributed by atoms with van der Waals surface area (Å²) in [5, 5.41) is 2.96. The molecule has 1 amide bonds. The summed E-state index contributed by atoms with van der Waals surface area (Å²) >= 11 is 11.8. The van der Waals surface area contributed by atoms with Crippen molar-refractivity contribution >= 4 is 40.8 Å². The van der Waals surface area contributed by atoms with Crippen LogP contribution in [0.2, 0.25) is 10.0 Å². The molecule has 0 bridgehead atoms. The smallest absolute Gasteiger partial charge is 0.340 e. The van der Waals surface area contributed by atoms with E-state index in [2.05, 4.69) is 5.32 Å². The van der Waals surface area contributed by atoms with Crippen LogP contribution in [-0.4, -0.2) is 25.6 Å². The van der Waals surface area contributed by atoms with E-state index in [4.69, 9.17) is 32.7 Å². The van der Waals surface area contributed by atoms with Gasteiger partial charge in [-0.15, -0.1) is 0 Å². The van der Waals surface area contributed by atoms with Crippen LogP contribution in [0, 0.1) is 12.7 Å². The van der Waals surface area contributed by atoms with Gasteiger partial charge >= 0.3 is 5.97 Å². The monoisotopic (exact) mass is 385 g/mol. The Morgan fingerprint density at radius 3 is 2.52 bits per heavy atom. The number of ether oxygens (including phenoxy) is 2. The second-order valence-electron chi connectivity index (χ2n) is 5.05. The van der Waals surface area contributed by atoms with E-state index in [1.54, 1.807) is 19.1 Å². The molecule has 0 saturated carbocycles. The lowest BCUT2D eigenvalue weighted by molar-refractivity contribution is -0.119. The van der Waals surface area contributed by atoms with Gasteiger partial charge in [-0.2, -0.15) is 0 Å². The van der Waals surface area contributed by atoms with E-state index in [1.807, 2.05) is 0 Å². The Morgan fingerprint density at radius 1 is 1.16 bits per heavy atom. The van der Waals surface area contributed by atoms with Crippen molar-refractivity contribution in [3.63, 3.8) is 0 Å². The number of amides is 1. The van der Waals surface area contributed by atoms with Crippen molar-refractivity contribution in [2.24, 2.45) is 0 Å². The highest BCUT2D eigenvalue weighted by Crippen LogP contribution is 2.30. The summed E-state index contributed by atoms with van der Waals surface area (Å²) in [7, 11) is 1.44. The van der Waals surface area contributed by atoms with Crippen molar-refractivity contribution in [1.29, 1.82) is 0 Å². The second-order valence-corrected chi connectivity index (χ2v) is 5.86. The first-order valence-electron chi connectivity index (χ1n) is 7.08. The molecule has 8 heteroatoms. The van der Waals surface area contributed by atoms with E-state index >= 15 is 0 Å². The summed E-state index contributed by atoms with van der Waals surface area (Å²) in [5.74, 6) is -1.62. The number of carbonyl (C=O) groups is 2. The summed E-state index contributed by atoms with van der Waals surface area (Å²) < 4.78 is 23.0. The summed E-state index contributed by atoms with van der Waals surface area (Å²) in [6.07, 6.45) is 0. The highest BCUT2D eigenvalue weighted by Gasteiger charge is 2.16. The van der Waals surface area contributed by atoms with E-state index in [9.17, 15) is 14.0 Å². The third kappa shape index (κ3) is 4.84. The number of carbonyl (C=O) groups excluding carboxylic acids is 2. The quantitative estimate of drug-likeness (QED) is 0.781. The molecule has 0 unspecified atom stereocenters. The molecule has 0 heterocycles. The van der Waals surface area contributed by atoms with Crippen molar-refractivity contribution in [2.45, 2.75) is 6.92 Å². The largest absolute Gasteiger partial charge is 0.495 e. The topological polar surface area (TPSA) is 64.6 Å². The molecule has 0 aliphatic rings. The van der Waals surface area contributed by atoms with Gasteiger partial charge in [-0.25, -0.2) is 9.18 Å². The molecule has 0 spiro atoms. The minimum Gasteiger partial charge on any atom is -0.495 e. The van der Waals surface area contributed by atoms with Crippen molar-refractivity contribution in [3.05, 3.63) is 57.3 Å². The molecule has 0 aromatic heterocycles. The summed E-state index contributed by atoms with van der Waals surface area (Å²) in [4.78, 5) is 23.9. The number of halogens is 3. The van der Waals surface area contributed by atoms with Gasteiger partial charge in [-0.1, -0.05) is 23.2 Å². The van der Waals surface area contributed by atoms with Crippen molar-refractivity contribution in [2.75, 3.05) is 19.0 Å². The average molecular weight is 386 g/mol. The van der Waals surface area contributed by atoms with Gasteiger partial charge in [-0.05, 0) is 36.8 Å². The molecule has 0 fully saturated rings. The molecule has 2 aromatic rings. The van der Waals surface area contributed by atoms with Crippen LogP contribution in [0.5, 0.6) is 5.75 Å².